The molecule has 0 spiro atoms. The molecule has 0 bridgehead atoms. The summed E-state index contributed by atoms with van der Waals surface area (Å²) in [6.45, 7) is 13.9. The number of allylic oxidation sites excluding steroid dienone is 1. The van der Waals surface area contributed by atoms with Crippen molar-refractivity contribution in [2.45, 2.75) is 39.0 Å². The number of carbonyl (C=O) groups excluding carboxylic acids is 1. The summed E-state index contributed by atoms with van der Waals surface area (Å²) in [6, 6.07) is 3.77. The molecule has 0 fully saturated rings. The Labute approximate surface area is 143 Å². The molecule has 0 aliphatic heterocycles. The van der Waals surface area contributed by atoms with Crippen LogP contribution >= 0.6 is 0 Å². The van der Waals surface area contributed by atoms with Crippen molar-refractivity contribution in [2.24, 2.45) is 0 Å². The molecule has 2 rings (SSSR count). The fourth-order valence-corrected chi connectivity index (χ4v) is 3.03. The molecule has 0 saturated heterocycles. The molecule has 1 aliphatic carbocycles. The van der Waals surface area contributed by atoms with Gasteiger partial charge in [0.15, 0.2) is 11.5 Å². The van der Waals surface area contributed by atoms with Gasteiger partial charge in [0, 0.05) is 0 Å². The number of benzene rings is 1. The number of methoxy groups -OCH3 is 2. The van der Waals surface area contributed by atoms with Crippen LogP contribution in [0.2, 0.25) is 0 Å². The highest BCUT2D eigenvalue weighted by Gasteiger charge is 2.37. The average molecular weight is 329 g/mol. The summed E-state index contributed by atoms with van der Waals surface area (Å²) >= 11 is 0. The van der Waals surface area contributed by atoms with Crippen LogP contribution in [0, 0.1) is 6.57 Å². The summed E-state index contributed by atoms with van der Waals surface area (Å²) in [7, 11) is 3.16. The first kappa shape index (κ1) is 17.9. The summed E-state index contributed by atoms with van der Waals surface area (Å²) < 4.78 is 15.9. The van der Waals surface area contributed by atoms with Gasteiger partial charge in [-0.1, -0.05) is 20.8 Å². The standard InChI is InChI=1S/C19H23NO4/c1-7-8-24-18(21)17(20-4)13-11-19(2,3)14-10-16(23-6)15(22-5)9-12(13)14/h9-10H,7-8,11H2,1-3,5-6H3/b17-13+. The normalized spacial score (nSPS) is 16.8. The topological polar surface area (TPSA) is 49.1 Å². The van der Waals surface area contributed by atoms with Gasteiger partial charge in [-0.25, -0.2) is 4.85 Å². The molecule has 5 heteroatoms. The van der Waals surface area contributed by atoms with Crippen molar-refractivity contribution < 1.29 is 19.0 Å². The van der Waals surface area contributed by atoms with E-state index < -0.39 is 5.97 Å². The minimum Gasteiger partial charge on any atom is -0.493 e. The molecular weight excluding hydrogens is 306 g/mol. The maximum atomic E-state index is 12.3. The molecule has 0 unspecified atom stereocenters. The lowest BCUT2D eigenvalue weighted by Crippen LogP contribution is -2.12. The van der Waals surface area contributed by atoms with Crippen LogP contribution in [0.3, 0.4) is 0 Å². The molecule has 0 N–H and O–H groups in total. The maximum absolute atomic E-state index is 12.3. The number of fused-ring (bicyclic) bond motifs is 1. The molecule has 0 aromatic heterocycles. The SMILES string of the molecule is [C-]#[N+]/C(C(=O)OCCC)=C1\CC(C)(C)c2cc(OC)c(OC)cc21. The Kier molecular flexibility index (Phi) is 5.18. The van der Waals surface area contributed by atoms with E-state index in [1.165, 1.54) is 0 Å². The van der Waals surface area contributed by atoms with Crippen LogP contribution in [0.25, 0.3) is 10.4 Å². The van der Waals surface area contributed by atoms with Crippen molar-refractivity contribution in [3.05, 3.63) is 40.4 Å². The monoisotopic (exact) mass is 329 g/mol. The summed E-state index contributed by atoms with van der Waals surface area (Å²) in [5, 5.41) is 0. The number of hydrogen-bond acceptors (Lipinski definition) is 4. The lowest BCUT2D eigenvalue weighted by Gasteiger charge is -2.19. The number of esters is 1. The summed E-state index contributed by atoms with van der Waals surface area (Å²) in [4.78, 5) is 15.7. The predicted molar refractivity (Wildman–Crippen MR) is 92.0 cm³/mol. The Morgan fingerprint density at radius 2 is 1.88 bits per heavy atom. The summed E-state index contributed by atoms with van der Waals surface area (Å²) in [5.41, 5.74) is 2.47. The number of carbonyl (C=O) groups is 1. The van der Waals surface area contributed by atoms with E-state index in [1.807, 2.05) is 19.1 Å². The van der Waals surface area contributed by atoms with Crippen molar-refractivity contribution in [1.29, 1.82) is 0 Å². The van der Waals surface area contributed by atoms with Gasteiger partial charge in [0.2, 0.25) is 0 Å². The van der Waals surface area contributed by atoms with Crippen LogP contribution in [0.1, 0.15) is 44.7 Å². The first-order valence-corrected chi connectivity index (χ1v) is 7.94. The Balaban J connectivity index is 2.63. The van der Waals surface area contributed by atoms with Crippen molar-refractivity contribution in [3.63, 3.8) is 0 Å². The third-order valence-corrected chi connectivity index (χ3v) is 4.22. The minimum absolute atomic E-state index is 0.0579. The second-order valence-electron chi connectivity index (χ2n) is 6.39. The molecule has 1 aromatic rings. The highest BCUT2D eigenvalue weighted by molar-refractivity contribution is 6.01. The van der Waals surface area contributed by atoms with E-state index in [4.69, 9.17) is 20.8 Å². The first-order chi connectivity index (χ1) is 11.4. The third kappa shape index (κ3) is 3.09. The molecule has 1 aliphatic rings. The zero-order valence-electron chi connectivity index (χ0n) is 14.9. The minimum atomic E-state index is -0.555. The Hall–Kier alpha value is -2.48. The number of hydrogen-bond donors (Lipinski definition) is 0. The lowest BCUT2D eigenvalue weighted by molar-refractivity contribution is -0.138. The van der Waals surface area contributed by atoms with Crippen LogP contribution in [0.5, 0.6) is 11.5 Å². The predicted octanol–water partition coefficient (Wildman–Crippen LogP) is 3.97. The van der Waals surface area contributed by atoms with E-state index in [1.54, 1.807) is 14.2 Å². The lowest BCUT2D eigenvalue weighted by atomic mass is 9.86. The quantitative estimate of drug-likeness (QED) is 0.466. The van der Waals surface area contributed by atoms with Crippen molar-refractivity contribution in [2.75, 3.05) is 20.8 Å². The molecule has 0 saturated carbocycles. The number of nitrogens with zero attached hydrogens (tertiary/aromatic N) is 1. The van der Waals surface area contributed by atoms with Crippen molar-refractivity contribution in [3.8, 4) is 11.5 Å². The van der Waals surface area contributed by atoms with E-state index >= 15 is 0 Å². The number of ether oxygens (including phenoxy) is 3. The largest absolute Gasteiger partial charge is 0.493 e. The number of rotatable bonds is 5. The fourth-order valence-electron chi connectivity index (χ4n) is 3.03. The van der Waals surface area contributed by atoms with Gasteiger partial charge < -0.3 is 14.2 Å². The van der Waals surface area contributed by atoms with Crippen molar-refractivity contribution >= 4 is 11.5 Å². The van der Waals surface area contributed by atoms with Gasteiger partial charge in [-0.05, 0) is 47.1 Å². The highest BCUT2D eigenvalue weighted by atomic mass is 16.5. The smallest absolute Gasteiger partial charge is 0.336 e. The highest BCUT2D eigenvalue weighted by Crippen LogP contribution is 2.50. The van der Waals surface area contributed by atoms with Crippen molar-refractivity contribution in [1.82, 2.24) is 0 Å². The molecule has 128 valence electrons. The molecule has 5 nitrogen and oxygen atoms in total. The molecule has 0 atom stereocenters. The maximum Gasteiger partial charge on any atom is 0.336 e. The third-order valence-electron chi connectivity index (χ3n) is 4.22. The van der Waals surface area contributed by atoms with Crippen LogP contribution < -0.4 is 9.47 Å². The molecule has 24 heavy (non-hydrogen) atoms. The molecular formula is C19H23NO4. The molecule has 0 amide bonds. The Bertz CT molecular complexity index is 726. The summed E-state index contributed by atoms with van der Waals surface area (Å²) in [6.07, 6.45) is 1.32. The summed E-state index contributed by atoms with van der Waals surface area (Å²) in [5.74, 6) is 0.668. The van der Waals surface area contributed by atoms with Gasteiger partial charge in [0.1, 0.15) is 0 Å². The average Bonchev–Trinajstić information content (AvgIpc) is 2.83. The van der Waals surface area contributed by atoms with Crippen LogP contribution in [0.4, 0.5) is 0 Å². The van der Waals surface area contributed by atoms with Gasteiger partial charge in [-0.3, -0.25) is 4.79 Å². The first-order valence-electron chi connectivity index (χ1n) is 7.94. The Morgan fingerprint density at radius 3 is 2.42 bits per heavy atom. The van der Waals surface area contributed by atoms with Gasteiger partial charge in [-0.15, -0.1) is 0 Å². The molecule has 0 radical (unpaired) electrons. The van der Waals surface area contributed by atoms with E-state index in [-0.39, 0.29) is 11.1 Å². The zero-order chi connectivity index (χ0) is 17.9. The van der Waals surface area contributed by atoms with E-state index in [0.29, 0.717) is 30.1 Å². The molecule has 1 aromatic carbocycles. The van der Waals surface area contributed by atoms with E-state index in [9.17, 15) is 4.79 Å². The Morgan fingerprint density at radius 1 is 1.25 bits per heavy atom. The second-order valence-corrected chi connectivity index (χ2v) is 6.39. The van der Waals surface area contributed by atoms with E-state index in [0.717, 1.165) is 17.5 Å². The second kappa shape index (κ2) is 6.96. The van der Waals surface area contributed by atoms with Gasteiger partial charge in [-0.2, -0.15) is 0 Å². The zero-order valence-corrected chi connectivity index (χ0v) is 14.9. The van der Waals surface area contributed by atoms with Gasteiger partial charge in [0.25, 0.3) is 5.70 Å². The van der Waals surface area contributed by atoms with Crippen LogP contribution in [0.15, 0.2) is 17.8 Å². The van der Waals surface area contributed by atoms with E-state index in [2.05, 4.69) is 18.7 Å². The van der Waals surface area contributed by atoms with Crippen LogP contribution in [-0.2, 0) is 14.9 Å². The molecule has 0 heterocycles. The van der Waals surface area contributed by atoms with Crippen LogP contribution in [-0.4, -0.2) is 26.8 Å². The fraction of sp³-hybridized carbons (Fsp3) is 0.474. The van der Waals surface area contributed by atoms with Gasteiger partial charge >= 0.3 is 5.97 Å². The van der Waals surface area contributed by atoms with Gasteiger partial charge in [0.05, 0.1) is 27.4 Å².